The molecule has 0 aliphatic rings. The van der Waals surface area contributed by atoms with Crippen LogP contribution in [0.15, 0.2) is 55.0 Å². The second-order valence-electron chi connectivity index (χ2n) is 6.68. The zero-order valence-electron chi connectivity index (χ0n) is 17.3. The predicted octanol–water partition coefficient (Wildman–Crippen LogP) is 5.19. The van der Waals surface area contributed by atoms with Gasteiger partial charge in [0.2, 0.25) is 5.95 Å². The second kappa shape index (κ2) is 11.4. The standard InChI is InChI=1S/C21H16F3N7O.2ClH/c22-21(23,24)32-18-4-2-1-3-14(18)10-27-20-28-11-15(8-25)19(31-20)26-9-13-5-6-16-17(7-13)30-12-29-16;;/h1-7,11-12H,9-10H2,(H,29,30)(H2,26,27,28,31);2*1H. The van der Waals surface area contributed by atoms with Gasteiger partial charge < -0.3 is 20.4 Å². The number of anilines is 2. The van der Waals surface area contributed by atoms with Crippen LogP contribution in [0.25, 0.3) is 11.0 Å². The third-order valence-corrected chi connectivity index (χ3v) is 4.49. The summed E-state index contributed by atoms with van der Waals surface area (Å²) >= 11 is 0. The average Bonchev–Trinajstić information content (AvgIpc) is 3.24. The number of aromatic amines is 1. The van der Waals surface area contributed by atoms with Gasteiger partial charge in [0.05, 0.1) is 23.6 Å². The number of nitrogens with one attached hydrogen (secondary N) is 3. The van der Waals surface area contributed by atoms with Crippen LogP contribution >= 0.6 is 24.8 Å². The molecule has 0 bridgehead atoms. The monoisotopic (exact) mass is 511 g/mol. The number of imidazole rings is 1. The molecule has 2 aromatic carbocycles. The first-order valence-electron chi connectivity index (χ1n) is 9.42. The summed E-state index contributed by atoms with van der Waals surface area (Å²) in [5.41, 5.74) is 3.18. The minimum absolute atomic E-state index is 0. The van der Waals surface area contributed by atoms with Gasteiger partial charge in [-0.15, -0.1) is 38.0 Å². The quantitative estimate of drug-likeness (QED) is 0.313. The van der Waals surface area contributed by atoms with Gasteiger partial charge in [0.25, 0.3) is 0 Å². The van der Waals surface area contributed by atoms with E-state index >= 15 is 0 Å². The van der Waals surface area contributed by atoms with Crippen LogP contribution in [0.2, 0.25) is 0 Å². The van der Waals surface area contributed by atoms with E-state index in [0.717, 1.165) is 16.6 Å². The Labute approximate surface area is 204 Å². The minimum atomic E-state index is -4.79. The molecule has 34 heavy (non-hydrogen) atoms. The van der Waals surface area contributed by atoms with E-state index in [4.69, 9.17) is 0 Å². The lowest BCUT2D eigenvalue weighted by molar-refractivity contribution is -0.274. The van der Waals surface area contributed by atoms with E-state index in [-0.39, 0.29) is 54.2 Å². The van der Waals surface area contributed by atoms with Gasteiger partial charge in [-0.2, -0.15) is 10.2 Å². The molecule has 0 fully saturated rings. The fraction of sp³-hybridized carbons (Fsp3) is 0.143. The van der Waals surface area contributed by atoms with Crippen molar-refractivity contribution in [1.29, 1.82) is 5.26 Å². The van der Waals surface area contributed by atoms with Crippen LogP contribution in [-0.2, 0) is 13.1 Å². The largest absolute Gasteiger partial charge is 0.573 e. The van der Waals surface area contributed by atoms with Crippen molar-refractivity contribution in [2.75, 3.05) is 10.6 Å². The van der Waals surface area contributed by atoms with Crippen molar-refractivity contribution in [1.82, 2.24) is 19.9 Å². The minimum Gasteiger partial charge on any atom is -0.405 e. The van der Waals surface area contributed by atoms with Gasteiger partial charge in [-0.1, -0.05) is 24.3 Å². The van der Waals surface area contributed by atoms with Gasteiger partial charge in [-0.05, 0) is 23.8 Å². The first kappa shape index (κ1) is 26.5. The van der Waals surface area contributed by atoms with Crippen molar-refractivity contribution in [3.63, 3.8) is 0 Å². The molecule has 0 unspecified atom stereocenters. The lowest BCUT2D eigenvalue weighted by atomic mass is 10.2. The molecule has 2 heterocycles. The Morgan fingerprint density at radius 1 is 1.03 bits per heavy atom. The Morgan fingerprint density at radius 2 is 1.82 bits per heavy atom. The summed E-state index contributed by atoms with van der Waals surface area (Å²) in [6.07, 6.45) is -1.85. The van der Waals surface area contributed by atoms with Crippen LogP contribution in [0.3, 0.4) is 0 Å². The maximum atomic E-state index is 12.6. The van der Waals surface area contributed by atoms with Crippen molar-refractivity contribution in [2.24, 2.45) is 0 Å². The fourth-order valence-electron chi connectivity index (χ4n) is 3.01. The van der Waals surface area contributed by atoms with Gasteiger partial charge in [0.1, 0.15) is 23.2 Å². The number of H-pyrrole nitrogens is 1. The van der Waals surface area contributed by atoms with Gasteiger partial charge in [0, 0.05) is 18.7 Å². The predicted molar refractivity (Wildman–Crippen MR) is 125 cm³/mol. The zero-order chi connectivity index (χ0) is 22.6. The van der Waals surface area contributed by atoms with E-state index in [1.807, 2.05) is 24.3 Å². The van der Waals surface area contributed by atoms with E-state index in [0.29, 0.717) is 12.4 Å². The van der Waals surface area contributed by atoms with Gasteiger partial charge in [-0.3, -0.25) is 0 Å². The van der Waals surface area contributed by atoms with Crippen molar-refractivity contribution in [3.05, 3.63) is 71.7 Å². The average molecular weight is 512 g/mol. The number of rotatable bonds is 7. The molecule has 4 aromatic rings. The van der Waals surface area contributed by atoms with E-state index < -0.39 is 6.36 Å². The van der Waals surface area contributed by atoms with Crippen molar-refractivity contribution >= 4 is 47.6 Å². The molecule has 0 aliphatic heterocycles. The number of hydrogen-bond acceptors (Lipinski definition) is 7. The maximum absolute atomic E-state index is 12.6. The molecular weight excluding hydrogens is 494 g/mol. The smallest absolute Gasteiger partial charge is 0.405 e. The molecule has 0 saturated carbocycles. The number of hydrogen-bond donors (Lipinski definition) is 3. The Hall–Kier alpha value is -3.75. The second-order valence-corrected chi connectivity index (χ2v) is 6.68. The number of ether oxygens (including phenoxy) is 1. The van der Waals surface area contributed by atoms with E-state index in [1.165, 1.54) is 24.4 Å². The highest BCUT2D eigenvalue weighted by molar-refractivity contribution is 5.85. The van der Waals surface area contributed by atoms with E-state index in [2.05, 4.69) is 35.3 Å². The van der Waals surface area contributed by atoms with Crippen LogP contribution < -0.4 is 15.4 Å². The van der Waals surface area contributed by atoms with Crippen molar-refractivity contribution < 1.29 is 17.9 Å². The number of alkyl halides is 3. The number of para-hydroxylation sites is 1. The third kappa shape index (κ3) is 6.63. The van der Waals surface area contributed by atoms with Crippen LogP contribution in [0.5, 0.6) is 5.75 Å². The summed E-state index contributed by atoms with van der Waals surface area (Å²) in [6.45, 7) is 0.385. The SMILES string of the molecule is Cl.Cl.N#Cc1cnc(NCc2ccccc2OC(F)(F)F)nc1NCc1ccc2nc[nH]c2c1. The first-order chi connectivity index (χ1) is 15.4. The lowest BCUT2D eigenvalue weighted by Gasteiger charge is -2.14. The Kier molecular flexibility index (Phi) is 8.89. The molecule has 0 radical (unpaired) electrons. The molecule has 0 aliphatic carbocycles. The van der Waals surface area contributed by atoms with Gasteiger partial charge in [-0.25, -0.2) is 9.97 Å². The molecule has 4 rings (SSSR count). The summed E-state index contributed by atoms with van der Waals surface area (Å²) in [4.78, 5) is 15.6. The highest BCUT2D eigenvalue weighted by Crippen LogP contribution is 2.26. The van der Waals surface area contributed by atoms with Crippen molar-refractivity contribution in [3.8, 4) is 11.8 Å². The van der Waals surface area contributed by atoms with E-state index in [9.17, 15) is 18.4 Å². The zero-order valence-corrected chi connectivity index (χ0v) is 18.9. The highest BCUT2D eigenvalue weighted by atomic mass is 35.5. The lowest BCUT2D eigenvalue weighted by Crippen LogP contribution is -2.18. The molecule has 0 spiro atoms. The molecule has 0 saturated heterocycles. The number of halogens is 5. The van der Waals surface area contributed by atoms with Crippen LogP contribution in [0, 0.1) is 11.3 Å². The number of fused-ring (bicyclic) bond motifs is 1. The number of benzene rings is 2. The number of aromatic nitrogens is 4. The van der Waals surface area contributed by atoms with Gasteiger partial charge >= 0.3 is 6.36 Å². The molecule has 178 valence electrons. The van der Waals surface area contributed by atoms with E-state index in [1.54, 1.807) is 12.4 Å². The summed E-state index contributed by atoms with van der Waals surface area (Å²) in [5, 5.41) is 15.3. The molecule has 0 amide bonds. The van der Waals surface area contributed by atoms with Crippen LogP contribution in [0.1, 0.15) is 16.7 Å². The fourth-order valence-corrected chi connectivity index (χ4v) is 3.01. The molecule has 3 N–H and O–H groups in total. The summed E-state index contributed by atoms with van der Waals surface area (Å²) in [7, 11) is 0. The summed E-state index contributed by atoms with van der Waals surface area (Å²) < 4.78 is 41.9. The normalized spacial score (nSPS) is 10.5. The Bertz CT molecular complexity index is 1290. The number of nitrogens with zero attached hydrogens (tertiary/aromatic N) is 4. The topological polar surface area (TPSA) is 112 Å². The molecule has 2 aromatic heterocycles. The molecule has 8 nitrogen and oxygen atoms in total. The summed E-state index contributed by atoms with van der Waals surface area (Å²) in [5.74, 6) is 0.139. The maximum Gasteiger partial charge on any atom is 0.573 e. The third-order valence-electron chi connectivity index (χ3n) is 4.49. The van der Waals surface area contributed by atoms with Crippen LogP contribution in [-0.4, -0.2) is 26.3 Å². The molecular formula is C21H18Cl2F3N7O. The molecule has 0 atom stereocenters. The Balaban J connectivity index is 0.00000204. The van der Waals surface area contributed by atoms with Crippen LogP contribution in [0.4, 0.5) is 24.9 Å². The number of nitriles is 1. The first-order valence-corrected chi connectivity index (χ1v) is 9.42. The van der Waals surface area contributed by atoms with Gasteiger partial charge in [0.15, 0.2) is 0 Å². The molecule has 13 heteroatoms. The highest BCUT2D eigenvalue weighted by Gasteiger charge is 2.31. The summed E-state index contributed by atoms with van der Waals surface area (Å²) in [6, 6.07) is 13.5. The Morgan fingerprint density at radius 3 is 2.59 bits per heavy atom. The van der Waals surface area contributed by atoms with Crippen molar-refractivity contribution in [2.45, 2.75) is 19.5 Å².